The average molecular weight is 182 g/mol. The molecule has 1 aliphatic rings. The first-order valence-electron chi connectivity index (χ1n) is 4.79. The normalized spacial score (nSPS) is 31.6. The van der Waals surface area contributed by atoms with Gasteiger partial charge in [-0.15, -0.1) is 0 Å². The number of esters is 1. The van der Waals surface area contributed by atoms with Gasteiger partial charge in [0, 0.05) is 11.5 Å². The maximum absolute atomic E-state index is 11.3. The molecule has 1 rings (SSSR count). The number of carbonyl (C=O) groups is 1. The second kappa shape index (κ2) is 3.17. The Hall–Kier alpha value is -0.790. The molecule has 2 nitrogen and oxygen atoms in total. The molecule has 2 unspecified atom stereocenters. The Bertz CT molecular complexity index is 242. The van der Waals surface area contributed by atoms with Crippen molar-refractivity contribution in [2.45, 2.75) is 39.7 Å². The van der Waals surface area contributed by atoms with Crippen LogP contribution in [0.25, 0.3) is 0 Å². The molecule has 0 aromatic carbocycles. The Morgan fingerprint density at radius 2 is 2.08 bits per heavy atom. The number of hydrogen-bond acceptors (Lipinski definition) is 2. The minimum Gasteiger partial charge on any atom is -0.455 e. The third kappa shape index (κ3) is 1.77. The highest BCUT2D eigenvalue weighted by molar-refractivity contribution is 5.87. The van der Waals surface area contributed by atoms with Gasteiger partial charge >= 0.3 is 5.97 Å². The van der Waals surface area contributed by atoms with E-state index in [2.05, 4.69) is 27.4 Å². The zero-order chi connectivity index (χ0) is 10.2. The van der Waals surface area contributed by atoms with Crippen LogP contribution in [-0.4, -0.2) is 11.6 Å². The van der Waals surface area contributed by atoms with Crippen LogP contribution in [0.3, 0.4) is 0 Å². The summed E-state index contributed by atoms with van der Waals surface area (Å²) in [6.07, 6.45) is 0.990. The fourth-order valence-corrected chi connectivity index (χ4v) is 1.74. The highest BCUT2D eigenvalue weighted by Gasteiger charge is 2.57. The van der Waals surface area contributed by atoms with Gasteiger partial charge in [0.15, 0.2) is 0 Å². The lowest BCUT2D eigenvalue weighted by Gasteiger charge is -2.21. The van der Waals surface area contributed by atoms with Gasteiger partial charge in [-0.1, -0.05) is 27.4 Å². The van der Waals surface area contributed by atoms with E-state index < -0.39 is 0 Å². The van der Waals surface area contributed by atoms with Gasteiger partial charge in [0.25, 0.3) is 0 Å². The lowest BCUT2D eigenvalue weighted by Crippen LogP contribution is -2.27. The second-order valence-electron chi connectivity index (χ2n) is 4.38. The summed E-state index contributed by atoms with van der Waals surface area (Å²) in [5.41, 5.74) is 0.287. The van der Waals surface area contributed by atoms with Crippen LogP contribution < -0.4 is 0 Å². The van der Waals surface area contributed by atoms with E-state index in [1.807, 2.05) is 0 Å². The van der Waals surface area contributed by atoms with E-state index in [1.165, 1.54) is 0 Å². The van der Waals surface area contributed by atoms with Crippen molar-refractivity contribution in [3.05, 3.63) is 12.2 Å². The monoisotopic (exact) mass is 182 g/mol. The Morgan fingerprint density at radius 3 is 2.31 bits per heavy atom. The molecular formula is C11H18O2. The SMILES string of the molecule is C=C(C)C(=O)OC1(C(C)C)CC1C. The number of carbonyl (C=O) groups excluding carboxylic acids is 1. The molecule has 0 saturated heterocycles. The molecule has 0 bridgehead atoms. The third-order valence-corrected chi connectivity index (χ3v) is 2.91. The molecule has 74 valence electrons. The Balaban J connectivity index is 2.62. The Kier molecular flexibility index (Phi) is 2.51. The molecule has 0 aliphatic heterocycles. The highest BCUT2D eigenvalue weighted by Crippen LogP contribution is 2.52. The van der Waals surface area contributed by atoms with E-state index in [-0.39, 0.29) is 11.6 Å². The van der Waals surface area contributed by atoms with Crippen molar-refractivity contribution in [3.8, 4) is 0 Å². The molecule has 0 aromatic heterocycles. The smallest absolute Gasteiger partial charge is 0.333 e. The van der Waals surface area contributed by atoms with Crippen LogP contribution in [0.1, 0.15) is 34.1 Å². The molecule has 0 aromatic rings. The van der Waals surface area contributed by atoms with E-state index in [0.717, 1.165) is 6.42 Å². The van der Waals surface area contributed by atoms with Gasteiger partial charge in [-0.3, -0.25) is 0 Å². The van der Waals surface area contributed by atoms with Gasteiger partial charge in [-0.05, 0) is 19.3 Å². The van der Waals surface area contributed by atoms with Crippen LogP contribution in [0.5, 0.6) is 0 Å². The molecule has 1 fully saturated rings. The number of ether oxygens (including phenoxy) is 1. The zero-order valence-electron chi connectivity index (χ0n) is 8.89. The van der Waals surface area contributed by atoms with Crippen LogP contribution >= 0.6 is 0 Å². The van der Waals surface area contributed by atoms with Gasteiger partial charge in [0.1, 0.15) is 5.60 Å². The number of rotatable bonds is 3. The average Bonchev–Trinajstić information content (AvgIpc) is 2.62. The van der Waals surface area contributed by atoms with Gasteiger partial charge in [-0.25, -0.2) is 4.79 Å². The van der Waals surface area contributed by atoms with E-state index in [4.69, 9.17) is 4.74 Å². The van der Waals surface area contributed by atoms with Crippen LogP contribution in [0.15, 0.2) is 12.2 Å². The van der Waals surface area contributed by atoms with Crippen molar-refractivity contribution in [2.75, 3.05) is 0 Å². The quantitative estimate of drug-likeness (QED) is 0.495. The first-order valence-corrected chi connectivity index (χ1v) is 4.79. The van der Waals surface area contributed by atoms with E-state index in [0.29, 0.717) is 17.4 Å². The van der Waals surface area contributed by atoms with Gasteiger partial charge in [0.05, 0.1) is 0 Å². The summed E-state index contributed by atoms with van der Waals surface area (Å²) in [7, 11) is 0. The lowest BCUT2D eigenvalue weighted by atomic mass is 10.0. The molecule has 0 radical (unpaired) electrons. The van der Waals surface area contributed by atoms with Gasteiger partial charge < -0.3 is 4.74 Å². The number of hydrogen-bond donors (Lipinski definition) is 0. The van der Waals surface area contributed by atoms with Crippen molar-refractivity contribution >= 4 is 5.97 Å². The molecule has 2 atom stereocenters. The predicted molar refractivity (Wildman–Crippen MR) is 52.3 cm³/mol. The molecule has 0 amide bonds. The van der Waals surface area contributed by atoms with E-state index >= 15 is 0 Å². The van der Waals surface area contributed by atoms with E-state index in [9.17, 15) is 4.79 Å². The molecule has 0 N–H and O–H groups in total. The topological polar surface area (TPSA) is 26.3 Å². The molecule has 1 saturated carbocycles. The second-order valence-corrected chi connectivity index (χ2v) is 4.38. The van der Waals surface area contributed by atoms with Crippen LogP contribution in [0, 0.1) is 11.8 Å². The molecule has 13 heavy (non-hydrogen) atoms. The predicted octanol–water partition coefficient (Wildman–Crippen LogP) is 2.54. The van der Waals surface area contributed by atoms with Crippen molar-refractivity contribution in [1.29, 1.82) is 0 Å². The third-order valence-electron chi connectivity index (χ3n) is 2.91. The van der Waals surface area contributed by atoms with Crippen LogP contribution in [-0.2, 0) is 9.53 Å². The fourth-order valence-electron chi connectivity index (χ4n) is 1.74. The summed E-state index contributed by atoms with van der Waals surface area (Å²) >= 11 is 0. The van der Waals surface area contributed by atoms with Crippen molar-refractivity contribution in [1.82, 2.24) is 0 Å². The highest BCUT2D eigenvalue weighted by atomic mass is 16.6. The summed E-state index contributed by atoms with van der Waals surface area (Å²) in [6, 6.07) is 0. The molecule has 1 aliphatic carbocycles. The Labute approximate surface area is 80.0 Å². The summed E-state index contributed by atoms with van der Waals surface area (Å²) in [5.74, 6) is 0.639. The minimum atomic E-state index is -0.252. The largest absolute Gasteiger partial charge is 0.455 e. The maximum Gasteiger partial charge on any atom is 0.333 e. The van der Waals surface area contributed by atoms with Crippen molar-refractivity contribution < 1.29 is 9.53 Å². The van der Waals surface area contributed by atoms with Crippen LogP contribution in [0.4, 0.5) is 0 Å². The van der Waals surface area contributed by atoms with Crippen molar-refractivity contribution in [2.24, 2.45) is 11.8 Å². The summed E-state index contributed by atoms with van der Waals surface area (Å²) in [5, 5.41) is 0. The molecule has 0 heterocycles. The minimum absolute atomic E-state index is 0.198. The first-order chi connectivity index (χ1) is 5.90. The summed E-state index contributed by atoms with van der Waals surface area (Å²) in [6.45, 7) is 11.6. The van der Waals surface area contributed by atoms with Crippen molar-refractivity contribution in [3.63, 3.8) is 0 Å². The standard InChI is InChI=1S/C11H18O2/c1-7(2)10(12)13-11(8(3)4)6-9(11)5/h8-9H,1,6H2,2-5H3. The van der Waals surface area contributed by atoms with Gasteiger partial charge in [0.2, 0.25) is 0 Å². The molecule has 2 heteroatoms. The molecular weight excluding hydrogens is 164 g/mol. The first kappa shape index (κ1) is 10.3. The lowest BCUT2D eigenvalue weighted by molar-refractivity contribution is -0.150. The van der Waals surface area contributed by atoms with E-state index in [1.54, 1.807) is 6.92 Å². The Morgan fingerprint density at radius 1 is 1.62 bits per heavy atom. The maximum atomic E-state index is 11.3. The summed E-state index contributed by atoms with van der Waals surface area (Å²) in [4.78, 5) is 11.3. The zero-order valence-corrected chi connectivity index (χ0v) is 8.89. The molecule has 0 spiro atoms. The van der Waals surface area contributed by atoms with Crippen LogP contribution in [0.2, 0.25) is 0 Å². The van der Waals surface area contributed by atoms with Gasteiger partial charge in [-0.2, -0.15) is 0 Å². The summed E-state index contributed by atoms with van der Waals surface area (Å²) < 4.78 is 5.45. The fraction of sp³-hybridized carbons (Fsp3) is 0.727.